The van der Waals surface area contributed by atoms with Gasteiger partial charge in [0.25, 0.3) is 0 Å². The van der Waals surface area contributed by atoms with E-state index < -0.39 is 6.04 Å². The van der Waals surface area contributed by atoms with Gasteiger partial charge in [-0.3, -0.25) is 9.59 Å². The Morgan fingerprint density at radius 3 is 2.37 bits per heavy atom. The summed E-state index contributed by atoms with van der Waals surface area (Å²) in [5.41, 5.74) is 2.02. The Bertz CT molecular complexity index is 814. The Morgan fingerprint density at radius 1 is 1.07 bits per heavy atom. The Balaban J connectivity index is 2.09. The Morgan fingerprint density at radius 2 is 1.73 bits per heavy atom. The number of halogens is 1. The second kappa shape index (κ2) is 12.7. The fraction of sp³-hybridized carbons (Fsp3) is 0.417. The molecule has 1 atom stereocenters. The maximum absolute atomic E-state index is 13.2. The number of rotatable bonds is 11. The fourth-order valence-electron chi connectivity index (χ4n) is 3.07. The lowest BCUT2D eigenvalue weighted by molar-refractivity contribution is -0.139. The highest BCUT2D eigenvalue weighted by molar-refractivity contribution is 7.99. The predicted molar refractivity (Wildman–Crippen MR) is 127 cm³/mol. The van der Waals surface area contributed by atoms with Crippen molar-refractivity contribution in [2.75, 3.05) is 12.3 Å². The molecular formula is C24H31ClN2O2S. The number of hydrogen-bond acceptors (Lipinski definition) is 3. The van der Waals surface area contributed by atoms with Gasteiger partial charge in [-0.25, -0.2) is 0 Å². The van der Waals surface area contributed by atoms with E-state index in [4.69, 9.17) is 11.6 Å². The number of thioether (sulfide) groups is 1. The van der Waals surface area contributed by atoms with Crippen molar-refractivity contribution < 1.29 is 9.59 Å². The molecule has 0 radical (unpaired) electrons. The molecule has 1 N–H and O–H groups in total. The maximum Gasteiger partial charge on any atom is 0.242 e. The number of nitrogens with zero attached hydrogens (tertiary/aromatic N) is 1. The number of nitrogens with one attached hydrogen (secondary N) is 1. The zero-order valence-corrected chi connectivity index (χ0v) is 19.5. The van der Waals surface area contributed by atoms with E-state index >= 15 is 0 Å². The lowest BCUT2D eigenvalue weighted by Gasteiger charge is -2.31. The van der Waals surface area contributed by atoms with E-state index in [1.807, 2.05) is 61.5 Å². The first-order chi connectivity index (χ1) is 14.4. The third-order valence-corrected chi connectivity index (χ3v) is 6.04. The molecule has 0 heterocycles. The van der Waals surface area contributed by atoms with Crippen molar-refractivity contribution in [3.05, 3.63) is 70.7 Å². The lowest BCUT2D eigenvalue weighted by atomic mass is 10.1. The Kier molecular flexibility index (Phi) is 10.2. The smallest absolute Gasteiger partial charge is 0.242 e. The molecule has 2 rings (SSSR count). The highest BCUT2D eigenvalue weighted by Gasteiger charge is 2.28. The van der Waals surface area contributed by atoms with Crippen molar-refractivity contribution in [1.29, 1.82) is 0 Å². The van der Waals surface area contributed by atoms with Crippen LogP contribution in [0.2, 0.25) is 5.02 Å². The van der Waals surface area contributed by atoms with Crippen LogP contribution in [0, 0.1) is 5.92 Å². The van der Waals surface area contributed by atoms with E-state index in [9.17, 15) is 9.59 Å². The first-order valence-corrected chi connectivity index (χ1v) is 11.9. The summed E-state index contributed by atoms with van der Waals surface area (Å²) in [6.45, 7) is 7.07. The minimum atomic E-state index is -0.489. The number of carbonyl (C=O) groups is 2. The van der Waals surface area contributed by atoms with Crippen molar-refractivity contribution in [3.63, 3.8) is 0 Å². The van der Waals surface area contributed by atoms with Gasteiger partial charge in [0.05, 0.1) is 5.75 Å². The van der Waals surface area contributed by atoms with E-state index in [0.29, 0.717) is 42.0 Å². The molecule has 0 spiro atoms. The molecule has 162 valence electrons. The molecule has 2 amide bonds. The average Bonchev–Trinajstić information content (AvgIpc) is 2.74. The molecule has 0 aliphatic rings. The SMILES string of the molecule is CCC(C(=O)NCC(C)C)N(Cc1ccccc1)C(=O)CSCc1ccccc1Cl. The van der Waals surface area contributed by atoms with Crippen molar-refractivity contribution in [3.8, 4) is 0 Å². The molecule has 4 nitrogen and oxygen atoms in total. The van der Waals surface area contributed by atoms with Gasteiger partial charge < -0.3 is 10.2 Å². The predicted octanol–water partition coefficient (Wildman–Crippen LogP) is 5.15. The molecule has 0 fully saturated rings. The van der Waals surface area contributed by atoms with Gasteiger partial charge in [0.1, 0.15) is 6.04 Å². The van der Waals surface area contributed by atoms with Crippen molar-refractivity contribution in [1.82, 2.24) is 10.2 Å². The van der Waals surface area contributed by atoms with E-state index in [0.717, 1.165) is 11.1 Å². The highest BCUT2D eigenvalue weighted by Crippen LogP contribution is 2.22. The van der Waals surface area contributed by atoms with Crippen LogP contribution in [-0.2, 0) is 21.9 Å². The summed E-state index contributed by atoms with van der Waals surface area (Å²) < 4.78 is 0. The summed E-state index contributed by atoms with van der Waals surface area (Å²) in [6, 6.07) is 17.0. The second-order valence-electron chi connectivity index (χ2n) is 7.65. The standard InChI is InChI=1S/C24H31ClN2O2S/c1-4-22(24(29)26-14-18(2)3)27(15-19-10-6-5-7-11-19)23(28)17-30-16-20-12-8-9-13-21(20)25/h5-13,18,22H,4,14-17H2,1-3H3,(H,26,29). The topological polar surface area (TPSA) is 49.4 Å². The Hall–Kier alpha value is -1.98. The summed E-state index contributed by atoms with van der Waals surface area (Å²) in [6.07, 6.45) is 0.567. The van der Waals surface area contributed by atoms with Crippen LogP contribution in [0.4, 0.5) is 0 Å². The van der Waals surface area contributed by atoms with Gasteiger partial charge in [-0.1, -0.05) is 80.9 Å². The third kappa shape index (κ3) is 7.69. The number of carbonyl (C=O) groups excluding carboxylic acids is 2. The minimum Gasteiger partial charge on any atom is -0.354 e. The summed E-state index contributed by atoms with van der Waals surface area (Å²) in [4.78, 5) is 27.7. The molecular weight excluding hydrogens is 416 g/mol. The molecule has 6 heteroatoms. The monoisotopic (exact) mass is 446 g/mol. The van der Waals surface area contributed by atoms with E-state index in [-0.39, 0.29) is 11.8 Å². The molecule has 0 saturated heterocycles. The van der Waals surface area contributed by atoms with Crippen LogP contribution < -0.4 is 5.32 Å². The normalized spacial score (nSPS) is 11.9. The molecule has 0 bridgehead atoms. The zero-order chi connectivity index (χ0) is 21.9. The highest BCUT2D eigenvalue weighted by atomic mass is 35.5. The fourth-order valence-corrected chi connectivity index (χ4v) is 4.26. The first-order valence-electron chi connectivity index (χ1n) is 10.3. The number of amides is 2. The van der Waals surface area contributed by atoms with Gasteiger partial charge in [0.2, 0.25) is 11.8 Å². The molecule has 0 aliphatic carbocycles. The molecule has 2 aromatic carbocycles. The van der Waals surface area contributed by atoms with E-state index in [1.54, 1.807) is 4.90 Å². The van der Waals surface area contributed by atoms with Crippen LogP contribution >= 0.6 is 23.4 Å². The van der Waals surface area contributed by atoms with Crippen molar-refractivity contribution >= 4 is 35.2 Å². The van der Waals surface area contributed by atoms with Gasteiger partial charge in [-0.05, 0) is 29.5 Å². The molecule has 0 aromatic heterocycles. The van der Waals surface area contributed by atoms with Crippen molar-refractivity contribution in [2.45, 2.75) is 45.5 Å². The van der Waals surface area contributed by atoms with Gasteiger partial charge >= 0.3 is 0 Å². The quantitative estimate of drug-likeness (QED) is 0.519. The molecule has 0 aliphatic heterocycles. The van der Waals surface area contributed by atoms with E-state index in [1.165, 1.54) is 11.8 Å². The van der Waals surface area contributed by atoms with Gasteiger partial charge in [-0.15, -0.1) is 11.8 Å². The van der Waals surface area contributed by atoms with Crippen LogP contribution in [0.1, 0.15) is 38.3 Å². The summed E-state index contributed by atoms with van der Waals surface area (Å²) in [7, 11) is 0. The van der Waals surface area contributed by atoms with Gasteiger partial charge in [0, 0.05) is 23.9 Å². The average molecular weight is 447 g/mol. The van der Waals surface area contributed by atoms with Crippen molar-refractivity contribution in [2.24, 2.45) is 5.92 Å². The number of hydrogen-bond donors (Lipinski definition) is 1. The van der Waals surface area contributed by atoms with Crippen LogP contribution in [0.3, 0.4) is 0 Å². The summed E-state index contributed by atoms with van der Waals surface area (Å²) in [5.74, 6) is 1.18. The first kappa shape index (κ1) is 24.3. The molecule has 30 heavy (non-hydrogen) atoms. The van der Waals surface area contributed by atoms with Crippen LogP contribution in [0.25, 0.3) is 0 Å². The Labute approximate surface area is 189 Å². The minimum absolute atomic E-state index is 0.0394. The molecule has 2 aromatic rings. The van der Waals surface area contributed by atoms with Gasteiger partial charge in [-0.2, -0.15) is 0 Å². The van der Waals surface area contributed by atoms with Crippen LogP contribution in [-0.4, -0.2) is 35.1 Å². The number of benzene rings is 2. The van der Waals surface area contributed by atoms with E-state index in [2.05, 4.69) is 19.2 Å². The van der Waals surface area contributed by atoms with Crippen LogP contribution in [0.5, 0.6) is 0 Å². The molecule has 1 unspecified atom stereocenters. The van der Waals surface area contributed by atoms with Crippen LogP contribution in [0.15, 0.2) is 54.6 Å². The maximum atomic E-state index is 13.2. The second-order valence-corrected chi connectivity index (χ2v) is 9.05. The summed E-state index contributed by atoms with van der Waals surface area (Å²) >= 11 is 7.74. The molecule has 0 saturated carbocycles. The largest absolute Gasteiger partial charge is 0.354 e. The van der Waals surface area contributed by atoms with Gasteiger partial charge in [0.15, 0.2) is 0 Å². The zero-order valence-electron chi connectivity index (χ0n) is 17.9. The summed E-state index contributed by atoms with van der Waals surface area (Å²) in [5, 5.41) is 3.69. The lowest BCUT2D eigenvalue weighted by Crippen LogP contribution is -2.50. The third-order valence-electron chi connectivity index (χ3n) is 4.71.